The minimum atomic E-state index is -1.12. The van der Waals surface area contributed by atoms with E-state index in [9.17, 15) is 14.1 Å². The van der Waals surface area contributed by atoms with Gasteiger partial charge in [0.05, 0.1) is 18.9 Å². The molecule has 1 aliphatic rings. The number of methoxy groups -OCH3 is 1. The smallest absolute Gasteiger partial charge is 0.306 e. The van der Waals surface area contributed by atoms with Crippen molar-refractivity contribution in [2.45, 2.75) is 69.4 Å². The Morgan fingerprint density at radius 2 is 1.83 bits per heavy atom. The molecule has 0 radical (unpaired) electrons. The molecule has 1 fully saturated rings. The molecule has 2 aromatic carbocycles. The van der Waals surface area contributed by atoms with Crippen molar-refractivity contribution in [1.29, 1.82) is 0 Å². The lowest BCUT2D eigenvalue weighted by Gasteiger charge is -2.45. The van der Waals surface area contributed by atoms with E-state index in [0.717, 1.165) is 11.1 Å². The van der Waals surface area contributed by atoms with E-state index < -0.39 is 22.6 Å². The summed E-state index contributed by atoms with van der Waals surface area (Å²) in [6.45, 7) is 7.81. The summed E-state index contributed by atoms with van der Waals surface area (Å²) in [6, 6.07) is 14.9. The standard InChI is InChI=1S/C28H35Cl2NO4S/c1-17(2)36(34)24(19-9-11-21(29)12-10-19)13-18(3)26-23(20-7-6-8-22(30)14-20)15-28(4,27(33)31-26)16-25(32)35-5/h6-12,14,17-18,23-24,26H,13,15-16H2,1-5H3,(H,31,33)/t18?,23-,24+,26+,28+,36?/m1/s1. The SMILES string of the molecule is COC(=O)C[C@]1(C)C[C@H](c2cccc(Cl)c2)[C@H](C(C)C[C@@H](c2ccc(Cl)cc2)[S+]([O-])C(C)C)NC1=O. The van der Waals surface area contributed by atoms with Crippen molar-refractivity contribution in [1.82, 2.24) is 5.32 Å². The second-order valence-corrected chi connectivity index (χ2v) is 13.4. The maximum absolute atomic E-state index is 13.4. The maximum atomic E-state index is 13.4. The predicted molar refractivity (Wildman–Crippen MR) is 147 cm³/mol. The van der Waals surface area contributed by atoms with E-state index in [4.69, 9.17) is 27.9 Å². The van der Waals surface area contributed by atoms with Crippen LogP contribution in [0.5, 0.6) is 0 Å². The molecule has 0 aromatic heterocycles. The first-order valence-electron chi connectivity index (χ1n) is 12.2. The van der Waals surface area contributed by atoms with Gasteiger partial charge < -0.3 is 14.6 Å². The van der Waals surface area contributed by atoms with Crippen molar-refractivity contribution in [2.24, 2.45) is 11.3 Å². The van der Waals surface area contributed by atoms with Crippen molar-refractivity contribution in [2.75, 3.05) is 7.11 Å². The van der Waals surface area contributed by atoms with E-state index in [1.165, 1.54) is 7.11 Å². The molecular formula is C28H35Cl2NO4S. The number of hydrogen-bond acceptors (Lipinski definition) is 4. The van der Waals surface area contributed by atoms with Gasteiger partial charge in [0.15, 0.2) is 0 Å². The maximum Gasteiger partial charge on any atom is 0.306 e. The third-order valence-corrected chi connectivity index (χ3v) is 9.62. The van der Waals surface area contributed by atoms with Crippen LogP contribution in [-0.4, -0.2) is 34.8 Å². The van der Waals surface area contributed by atoms with Crippen LogP contribution in [0.15, 0.2) is 48.5 Å². The van der Waals surface area contributed by atoms with Gasteiger partial charge in [-0.3, -0.25) is 9.59 Å². The van der Waals surface area contributed by atoms with Gasteiger partial charge in [-0.25, -0.2) is 0 Å². The molecule has 196 valence electrons. The van der Waals surface area contributed by atoms with Crippen LogP contribution >= 0.6 is 23.2 Å². The van der Waals surface area contributed by atoms with Crippen molar-refractivity contribution in [3.05, 3.63) is 69.7 Å². The highest BCUT2D eigenvalue weighted by molar-refractivity contribution is 7.92. The Morgan fingerprint density at radius 3 is 2.42 bits per heavy atom. The molecule has 36 heavy (non-hydrogen) atoms. The second-order valence-electron chi connectivity index (χ2n) is 10.3. The van der Waals surface area contributed by atoms with E-state index in [2.05, 4.69) is 12.2 Å². The average molecular weight is 553 g/mol. The number of ether oxygens (including phenoxy) is 1. The minimum Gasteiger partial charge on any atom is -0.616 e. The fourth-order valence-corrected chi connectivity index (χ4v) is 7.03. The van der Waals surface area contributed by atoms with Gasteiger partial charge in [-0.2, -0.15) is 0 Å². The van der Waals surface area contributed by atoms with Crippen molar-refractivity contribution >= 4 is 46.3 Å². The van der Waals surface area contributed by atoms with Crippen molar-refractivity contribution in [3.63, 3.8) is 0 Å². The summed E-state index contributed by atoms with van der Waals surface area (Å²) >= 11 is 11.3. The molecule has 8 heteroatoms. The molecule has 6 atom stereocenters. The zero-order chi connectivity index (χ0) is 26.6. The molecule has 1 aliphatic heterocycles. The minimum absolute atomic E-state index is 0.00172. The largest absolute Gasteiger partial charge is 0.616 e. The van der Waals surface area contributed by atoms with Crippen molar-refractivity contribution in [3.8, 4) is 0 Å². The van der Waals surface area contributed by atoms with Gasteiger partial charge >= 0.3 is 5.97 Å². The molecule has 2 unspecified atom stereocenters. The van der Waals surface area contributed by atoms with E-state index in [1.54, 1.807) is 0 Å². The van der Waals surface area contributed by atoms with Crippen LogP contribution in [-0.2, 0) is 25.5 Å². The Morgan fingerprint density at radius 1 is 1.17 bits per heavy atom. The highest BCUT2D eigenvalue weighted by Crippen LogP contribution is 2.45. The molecule has 1 heterocycles. The first-order chi connectivity index (χ1) is 16.9. The molecule has 0 bridgehead atoms. The molecule has 0 spiro atoms. The molecule has 1 amide bonds. The van der Waals surface area contributed by atoms with Crippen LogP contribution in [0.25, 0.3) is 0 Å². The van der Waals surface area contributed by atoms with E-state index in [-0.39, 0.29) is 40.7 Å². The van der Waals surface area contributed by atoms with Gasteiger partial charge in [-0.1, -0.05) is 61.3 Å². The van der Waals surface area contributed by atoms with Crippen LogP contribution in [0.1, 0.15) is 69.3 Å². The van der Waals surface area contributed by atoms with Crippen LogP contribution in [0.4, 0.5) is 0 Å². The Bertz CT molecular complexity index is 1060. The number of hydrogen-bond donors (Lipinski definition) is 1. The molecule has 1 N–H and O–H groups in total. The summed E-state index contributed by atoms with van der Waals surface area (Å²) < 4.78 is 18.3. The summed E-state index contributed by atoms with van der Waals surface area (Å²) in [5.74, 6) is -0.677. The van der Waals surface area contributed by atoms with Gasteiger partial charge in [0.25, 0.3) is 0 Å². The number of amides is 1. The lowest BCUT2D eigenvalue weighted by molar-refractivity contribution is -0.150. The number of benzene rings is 2. The number of halogens is 2. The fraction of sp³-hybridized carbons (Fsp3) is 0.500. The monoisotopic (exact) mass is 551 g/mol. The first-order valence-corrected chi connectivity index (χ1v) is 14.3. The molecule has 1 saturated heterocycles. The van der Waals surface area contributed by atoms with Crippen molar-refractivity contribution < 1.29 is 18.9 Å². The third kappa shape index (κ3) is 6.77. The normalized spacial score (nSPS) is 24.6. The zero-order valence-electron chi connectivity index (χ0n) is 21.4. The summed E-state index contributed by atoms with van der Waals surface area (Å²) in [6.07, 6.45) is 1.09. The summed E-state index contributed by atoms with van der Waals surface area (Å²) in [5, 5.41) is 4.24. The van der Waals surface area contributed by atoms with E-state index in [1.807, 2.05) is 69.3 Å². The first kappa shape index (κ1) is 28.8. The molecule has 0 saturated carbocycles. The Hall–Kier alpha value is -1.73. The van der Waals surface area contributed by atoms with Crippen LogP contribution in [0.2, 0.25) is 10.0 Å². The number of piperidine rings is 1. The van der Waals surface area contributed by atoms with Gasteiger partial charge in [-0.15, -0.1) is 0 Å². The van der Waals surface area contributed by atoms with E-state index >= 15 is 0 Å². The lowest BCUT2D eigenvalue weighted by atomic mass is 9.67. The average Bonchev–Trinajstić information content (AvgIpc) is 2.84. The second kappa shape index (κ2) is 12.2. The number of carbonyl (C=O) groups is 2. The lowest BCUT2D eigenvalue weighted by Crippen LogP contribution is -2.56. The third-order valence-electron chi connectivity index (χ3n) is 7.17. The number of carbonyl (C=O) groups excluding carboxylic acids is 2. The fourth-order valence-electron chi connectivity index (χ4n) is 5.13. The molecular weight excluding hydrogens is 517 g/mol. The van der Waals surface area contributed by atoms with Gasteiger partial charge in [0.1, 0.15) is 10.5 Å². The highest BCUT2D eigenvalue weighted by Gasteiger charge is 2.48. The van der Waals surface area contributed by atoms with Crippen LogP contribution < -0.4 is 5.32 Å². The quantitative estimate of drug-likeness (QED) is 0.286. The molecule has 2 aromatic rings. The Balaban J connectivity index is 1.95. The number of nitrogens with one attached hydrogen (secondary N) is 1. The zero-order valence-corrected chi connectivity index (χ0v) is 23.8. The van der Waals surface area contributed by atoms with Crippen LogP contribution in [0, 0.1) is 11.3 Å². The highest BCUT2D eigenvalue weighted by atomic mass is 35.5. The number of rotatable bonds is 9. The summed E-state index contributed by atoms with van der Waals surface area (Å²) in [4.78, 5) is 25.5. The topological polar surface area (TPSA) is 78.5 Å². The summed E-state index contributed by atoms with van der Waals surface area (Å²) in [7, 11) is 1.33. The van der Waals surface area contributed by atoms with E-state index in [0.29, 0.717) is 22.9 Å². The van der Waals surface area contributed by atoms with Crippen LogP contribution in [0.3, 0.4) is 0 Å². The predicted octanol–water partition coefficient (Wildman–Crippen LogP) is 6.46. The van der Waals surface area contributed by atoms with Gasteiger partial charge in [0.2, 0.25) is 5.91 Å². The Kier molecular flexibility index (Phi) is 9.78. The number of esters is 1. The molecule has 0 aliphatic carbocycles. The van der Waals surface area contributed by atoms with Gasteiger partial charge in [-0.05, 0) is 67.2 Å². The molecule has 5 nitrogen and oxygen atoms in total. The van der Waals surface area contributed by atoms with Gasteiger partial charge in [0, 0.05) is 34.0 Å². The molecule has 3 rings (SSSR count). The summed E-state index contributed by atoms with van der Waals surface area (Å²) in [5.41, 5.74) is 1.06. The Labute approximate surface area is 227 Å².